The fraction of sp³-hybridized carbons (Fsp3) is 0.238. The van der Waals surface area contributed by atoms with Gasteiger partial charge in [0.2, 0.25) is 5.91 Å². The average molecular weight is 423 g/mol. The molecule has 0 saturated heterocycles. The van der Waals surface area contributed by atoms with Crippen LogP contribution in [-0.2, 0) is 16.0 Å². The second kappa shape index (κ2) is 11.2. The quantitative estimate of drug-likeness (QED) is 0.612. The van der Waals surface area contributed by atoms with Crippen LogP contribution in [0.25, 0.3) is 0 Å². The Kier molecular flexibility index (Phi) is 8.61. The van der Waals surface area contributed by atoms with Crippen molar-refractivity contribution in [1.82, 2.24) is 10.6 Å². The summed E-state index contributed by atoms with van der Waals surface area (Å²) in [4.78, 5) is 23.7. The van der Waals surface area contributed by atoms with E-state index in [0.29, 0.717) is 18.7 Å². The molecule has 2 rings (SSSR count). The van der Waals surface area contributed by atoms with Crippen LogP contribution in [0.2, 0.25) is 5.02 Å². The van der Waals surface area contributed by atoms with Crippen molar-refractivity contribution in [3.05, 3.63) is 77.0 Å². The Bertz CT molecular complexity index is 873. The van der Waals surface area contributed by atoms with E-state index in [-0.39, 0.29) is 41.9 Å². The Morgan fingerprint density at radius 3 is 2.45 bits per heavy atom. The average Bonchev–Trinajstić information content (AvgIpc) is 2.69. The van der Waals surface area contributed by atoms with E-state index in [1.54, 1.807) is 12.1 Å². The maximum absolute atomic E-state index is 13.3. The summed E-state index contributed by atoms with van der Waals surface area (Å²) in [6, 6.07) is 9.94. The smallest absolute Gasteiger partial charge is 0.262 e. The first kappa shape index (κ1) is 22.4. The SMILES string of the molecule is C=C(CCC(=O)NCCc1ccc(F)cc1)NC(=O)COc1ccc(Cl)c(F)c1. The molecule has 0 aliphatic carbocycles. The number of hydrogen-bond acceptors (Lipinski definition) is 3. The molecule has 0 aliphatic heterocycles. The molecule has 0 radical (unpaired) electrons. The molecule has 8 heteroatoms. The van der Waals surface area contributed by atoms with Gasteiger partial charge in [-0.05, 0) is 42.7 Å². The van der Waals surface area contributed by atoms with Gasteiger partial charge in [-0.1, -0.05) is 30.3 Å². The van der Waals surface area contributed by atoms with Crippen molar-refractivity contribution in [2.75, 3.05) is 13.2 Å². The normalized spacial score (nSPS) is 10.3. The van der Waals surface area contributed by atoms with Crippen LogP contribution in [0.15, 0.2) is 54.7 Å². The summed E-state index contributed by atoms with van der Waals surface area (Å²) in [6.07, 6.45) is 1.02. The number of benzene rings is 2. The van der Waals surface area contributed by atoms with Crippen molar-refractivity contribution in [2.24, 2.45) is 0 Å². The summed E-state index contributed by atoms with van der Waals surface area (Å²) in [6.45, 7) is 3.80. The number of nitrogens with one attached hydrogen (secondary N) is 2. The lowest BCUT2D eigenvalue weighted by Gasteiger charge is -2.10. The molecule has 0 spiro atoms. The molecule has 2 aromatic rings. The topological polar surface area (TPSA) is 67.4 Å². The fourth-order valence-electron chi connectivity index (χ4n) is 2.36. The molecule has 0 aromatic heterocycles. The summed E-state index contributed by atoms with van der Waals surface area (Å²) in [7, 11) is 0. The first-order valence-electron chi connectivity index (χ1n) is 8.90. The highest BCUT2D eigenvalue weighted by atomic mass is 35.5. The minimum atomic E-state index is -0.639. The summed E-state index contributed by atoms with van der Waals surface area (Å²) >= 11 is 5.57. The van der Waals surface area contributed by atoms with Crippen molar-refractivity contribution >= 4 is 23.4 Å². The van der Waals surface area contributed by atoms with Gasteiger partial charge in [-0.3, -0.25) is 9.59 Å². The fourth-order valence-corrected chi connectivity index (χ4v) is 2.48. The Hall–Kier alpha value is -2.93. The molecule has 0 heterocycles. The van der Waals surface area contributed by atoms with Crippen LogP contribution in [-0.4, -0.2) is 25.0 Å². The summed E-state index contributed by atoms with van der Waals surface area (Å²) in [5.41, 5.74) is 1.29. The number of rotatable bonds is 10. The molecule has 0 saturated carbocycles. The van der Waals surface area contributed by atoms with Gasteiger partial charge in [0.25, 0.3) is 5.91 Å². The number of ether oxygens (including phenoxy) is 1. The maximum Gasteiger partial charge on any atom is 0.262 e. The highest BCUT2D eigenvalue weighted by Crippen LogP contribution is 2.20. The van der Waals surface area contributed by atoms with Gasteiger partial charge in [-0.2, -0.15) is 0 Å². The Balaban J connectivity index is 1.61. The van der Waals surface area contributed by atoms with Gasteiger partial charge in [0.1, 0.15) is 17.4 Å². The Labute approximate surface area is 172 Å². The molecule has 2 amide bonds. The van der Waals surface area contributed by atoms with Gasteiger partial charge in [0, 0.05) is 24.7 Å². The molecule has 0 fully saturated rings. The van der Waals surface area contributed by atoms with E-state index < -0.39 is 11.7 Å². The molecule has 154 valence electrons. The Morgan fingerprint density at radius 1 is 1.03 bits per heavy atom. The molecular weight excluding hydrogens is 402 g/mol. The minimum absolute atomic E-state index is 0.0360. The van der Waals surface area contributed by atoms with Crippen LogP contribution < -0.4 is 15.4 Å². The van der Waals surface area contributed by atoms with E-state index in [1.807, 2.05) is 0 Å². The predicted molar refractivity (Wildman–Crippen MR) is 107 cm³/mol. The number of allylic oxidation sites excluding steroid dienone is 1. The van der Waals surface area contributed by atoms with Crippen LogP contribution in [0.4, 0.5) is 8.78 Å². The number of carbonyl (C=O) groups excluding carboxylic acids is 2. The van der Waals surface area contributed by atoms with E-state index in [2.05, 4.69) is 17.2 Å². The zero-order chi connectivity index (χ0) is 21.2. The van der Waals surface area contributed by atoms with Gasteiger partial charge in [0.15, 0.2) is 6.61 Å². The van der Waals surface area contributed by atoms with Gasteiger partial charge in [-0.15, -0.1) is 0 Å². The third kappa shape index (κ3) is 8.31. The lowest BCUT2D eigenvalue weighted by molar-refractivity contribution is -0.123. The highest BCUT2D eigenvalue weighted by Gasteiger charge is 2.08. The number of hydrogen-bond donors (Lipinski definition) is 2. The van der Waals surface area contributed by atoms with Gasteiger partial charge in [-0.25, -0.2) is 8.78 Å². The highest BCUT2D eigenvalue weighted by molar-refractivity contribution is 6.30. The molecule has 0 atom stereocenters. The molecule has 0 bridgehead atoms. The number of amides is 2. The van der Waals surface area contributed by atoms with Crippen LogP contribution in [0.1, 0.15) is 18.4 Å². The van der Waals surface area contributed by atoms with Crippen molar-refractivity contribution < 1.29 is 23.1 Å². The van der Waals surface area contributed by atoms with Gasteiger partial charge < -0.3 is 15.4 Å². The van der Waals surface area contributed by atoms with E-state index in [0.717, 1.165) is 11.6 Å². The summed E-state index contributed by atoms with van der Waals surface area (Å²) < 4.78 is 31.3. The van der Waals surface area contributed by atoms with E-state index in [4.69, 9.17) is 16.3 Å². The van der Waals surface area contributed by atoms with E-state index in [1.165, 1.54) is 24.3 Å². The lowest BCUT2D eigenvalue weighted by atomic mass is 10.1. The molecule has 0 aliphatic rings. The van der Waals surface area contributed by atoms with Crippen LogP contribution in [0.5, 0.6) is 5.75 Å². The number of carbonyl (C=O) groups is 2. The summed E-state index contributed by atoms with van der Waals surface area (Å²) in [5.74, 6) is -1.42. The second-order valence-electron chi connectivity index (χ2n) is 6.24. The first-order chi connectivity index (χ1) is 13.8. The third-order valence-electron chi connectivity index (χ3n) is 3.88. The van der Waals surface area contributed by atoms with E-state index in [9.17, 15) is 18.4 Å². The van der Waals surface area contributed by atoms with Crippen LogP contribution in [0.3, 0.4) is 0 Å². The molecule has 5 nitrogen and oxygen atoms in total. The Morgan fingerprint density at radius 2 is 1.76 bits per heavy atom. The van der Waals surface area contributed by atoms with Crippen LogP contribution >= 0.6 is 11.6 Å². The lowest BCUT2D eigenvalue weighted by Crippen LogP contribution is -2.29. The summed E-state index contributed by atoms with van der Waals surface area (Å²) in [5, 5.41) is 5.24. The van der Waals surface area contributed by atoms with Gasteiger partial charge in [0.05, 0.1) is 5.02 Å². The largest absolute Gasteiger partial charge is 0.484 e. The van der Waals surface area contributed by atoms with Crippen LogP contribution in [0, 0.1) is 11.6 Å². The maximum atomic E-state index is 13.3. The minimum Gasteiger partial charge on any atom is -0.484 e. The van der Waals surface area contributed by atoms with Crippen molar-refractivity contribution in [2.45, 2.75) is 19.3 Å². The third-order valence-corrected chi connectivity index (χ3v) is 4.19. The predicted octanol–water partition coefficient (Wildman–Crippen LogP) is 3.77. The monoisotopic (exact) mass is 422 g/mol. The first-order valence-corrected chi connectivity index (χ1v) is 9.28. The van der Waals surface area contributed by atoms with Crippen molar-refractivity contribution in [1.29, 1.82) is 0 Å². The standard InChI is InChI=1S/C21H21ClF2N2O3/c1-14(26-21(28)13-29-17-7-8-18(22)19(24)12-17)2-9-20(27)25-11-10-15-3-5-16(23)6-4-15/h3-8,12H,1-2,9-11,13H2,(H,25,27)(H,26,28). The zero-order valence-electron chi connectivity index (χ0n) is 15.6. The molecule has 2 N–H and O–H groups in total. The number of halogens is 3. The second-order valence-corrected chi connectivity index (χ2v) is 6.65. The zero-order valence-corrected chi connectivity index (χ0v) is 16.4. The molecule has 0 unspecified atom stereocenters. The van der Waals surface area contributed by atoms with E-state index >= 15 is 0 Å². The van der Waals surface area contributed by atoms with Crippen molar-refractivity contribution in [3.63, 3.8) is 0 Å². The molecule has 2 aromatic carbocycles. The van der Waals surface area contributed by atoms with Gasteiger partial charge >= 0.3 is 0 Å². The molecular formula is C21H21ClF2N2O3. The molecule has 29 heavy (non-hydrogen) atoms. The van der Waals surface area contributed by atoms with Crippen molar-refractivity contribution in [3.8, 4) is 5.75 Å².